The van der Waals surface area contributed by atoms with E-state index in [-0.39, 0.29) is 17.4 Å². The Kier molecular flexibility index (Phi) is 6.27. The first-order valence-electron chi connectivity index (χ1n) is 11.3. The molecule has 1 N–H and O–H groups in total. The van der Waals surface area contributed by atoms with Crippen molar-refractivity contribution in [3.63, 3.8) is 0 Å². The lowest BCUT2D eigenvalue weighted by Gasteiger charge is -2.32. The summed E-state index contributed by atoms with van der Waals surface area (Å²) < 4.78 is 1.69. The highest BCUT2D eigenvalue weighted by atomic mass is 35.5. The zero-order valence-corrected chi connectivity index (χ0v) is 19.3. The molecule has 0 aliphatic carbocycles. The number of nitrogens with one attached hydrogen (secondary N) is 1. The number of halogens is 1. The van der Waals surface area contributed by atoms with E-state index in [0.717, 1.165) is 5.56 Å². The van der Waals surface area contributed by atoms with Gasteiger partial charge in [0.05, 0.1) is 6.54 Å². The minimum Gasteiger partial charge on any atom is -0.352 e. The van der Waals surface area contributed by atoms with E-state index in [1.54, 1.807) is 29.0 Å². The van der Waals surface area contributed by atoms with Crippen LogP contribution in [0.15, 0.2) is 77.7 Å². The van der Waals surface area contributed by atoms with Gasteiger partial charge in [-0.1, -0.05) is 48.0 Å². The number of fused-ring (bicyclic) bond motifs is 1. The molecule has 172 valence electrons. The topological polar surface area (TPSA) is 80.1 Å². The SMILES string of the molecule is O=C(Nc1cccc(Cl)c1)C1CCN(c2nc3cccnc3n(Cc3ccccc3)c2=O)CC1. The first-order valence-corrected chi connectivity index (χ1v) is 11.7. The maximum Gasteiger partial charge on any atom is 0.295 e. The van der Waals surface area contributed by atoms with Crippen LogP contribution in [0, 0.1) is 5.92 Å². The number of piperidine rings is 1. The first kappa shape index (κ1) is 22.1. The summed E-state index contributed by atoms with van der Waals surface area (Å²) in [6.07, 6.45) is 2.95. The van der Waals surface area contributed by atoms with E-state index >= 15 is 0 Å². The Bertz CT molecular complexity index is 1380. The third kappa shape index (κ3) is 4.65. The van der Waals surface area contributed by atoms with Gasteiger partial charge in [0.15, 0.2) is 11.5 Å². The van der Waals surface area contributed by atoms with Crippen LogP contribution < -0.4 is 15.8 Å². The van der Waals surface area contributed by atoms with Crippen LogP contribution >= 0.6 is 11.6 Å². The molecule has 1 fully saturated rings. The molecule has 0 bridgehead atoms. The third-order valence-corrected chi connectivity index (χ3v) is 6.36. The molecule has 0 atom stereocenters. The summed E-state index contributed by atoms with van der Waals surface area (Å²) in [4.78, 5) is 37.3. The maximum atomic E-state index is 13.5. The van der Waals surface area contributed by atoms with E-state index in [4.69, 9.17) is 11.6 Å². The van der Waals surface area contributed by atoms with Crippen molar-refractivity contribution < 1.29 is 4.79 Å². The Morgan fingerprint density at radius 1 is 1.03 bits per heavy atom. The van der Waals surface area contributed by atoms with Crippen LogP contribution in [-0.4, -0.2) is 33.5 Å². The highest BCUT2D eigenvalue weighted by Gasteiger charge is 2.28. The molecule has 0 unspecified atom stereocenters. The summed E-state index contributed by atoms with van der Waals surface area (Å²) in [5.74, 6) is 0.244. The third-order valence-electron chi connectivity index (χ3n) is 6.13. The van der Waals surface area contributed by atoms with E-state index in [2.05, 4.69) is 15.3 Å². The van der Waals surface area contributed by atoms with Gasteiger partial charge in [-0.25, -0.2) is 9.97 Å². The fraction of sp³-hybridized carbons (Fsp3) is 0.231. The number of hydrogen-bond donors (Lipinski definition) is 1. The summed E-state index contributed by atoms with van der Waals surface area (Å²) in [7, 11) is 0. The fourth-order valence-corrected chi connectivity index (χ4v) is 4.54. The molecule has 5 rings (SSSR count). The van der Waals surface area contributed by atoms with Gasteiger partial charge in [0.2, 0.25) is 5.91 Å². The molecule has 2 aromatic carbocycles. The lowest BCUT2D eigenvalue weighted by atomic mass is 9.96. The summed E-state index contributed by atoms with van der Waals surface area (Å²) in [5.41, 5.74) is 2.78. The van der Waals surface area contributed by atoms with Gasteiger partial charge in [-0.15, -0.1) is 0 Å². The number of hydrogen-bond acceptors (Lipinski definition) is 5. The number of carbonyl (C=O) groups is 1. The molecule has 34 heavy (non-hydrogen) atoms. The van der Waals surface area contributed by atoms with Gasteiger partial charge >= 0.3 is 0 Å². The van der Waals surface area contributed by atoms with Crippen LogP contribution in [0.4, 0.5) is 11.5 Å². The number of anilines is 2. The lowest BCUT2D eigenvalue weighted by Crippen LogP contribution is -2.42. The van der Waals surface area contributed by atoms with Crippen LogP contribution in [0.1, 0.15) is 18.4 Å². The molecule has 4 aromatic rings. The van der Waals surface area contributed by atoms with Gasteiger partial charge in [-0.05, 0) is 48.7 Å². The van der Waals surface area contributed by atoms with Crippen LogP contribution in [0.5, 0.6) is 0 Å². The van der Waals surface area contributed by atoms with E-state index in [9.17, 15) is 9.59 Å². The summed E-state index contributed by atoms with van der Waals surface area (Å²) in [5, 5.41) is 3.53. The van der Waals surface area contributed by atoms with Crippen molar-refractivity contribution in [3.05, 3.63) is 93.9 Å². The molecule has 0 spiro atoms. The molecule has 1 amide bonds. The van der Waals surface area contributed by atoms with Crippen molar-refractivity contribution in [1.29, 1.82) is 0 Å². The minimum atomic E-state index is -0.170. The minimum absolute atomic E-state index is 0.0286. The summed E-state index contributed by atoms with van der Waals surface area (Å²) in [6.45, 7) is 1.57. The highest BCUT2D eigenvalue weighted by molar-refractivity contribution is 6.30. The largest absolute Gasteiger partial charge is 0.352 e. The van der Waals surface area contributed by atoms with Crippen LogP contribution in [0.2, 0.25) is 5.02 Å². The van der Waals surface area contributed by atoms with E-state index in [0.29, 0.717) is 60.2 Å². The highest BCUT2D eigenvalue weighted by Crippen LogP contribution is 2.24. The molecular formula is C26H24ClN5O2. The van der Waals surface area contributed by atoms with Crippen molar-refractivity contribution in [2.75, 3.05) is 23.3 Å². The van der Waals surface area contributed by atoms with Crippen LogP contribution in [-0.2, 0) is 11.3 Å². The van der Waals surface area contributed by atoms with E-state index < -0.39 is 0 Å². The van der Waals surface area contributed by atoms with Crippen molar-refractivity contribution in [3.8, 4) is 0 Å². The Labute approximate surface area is 202 Å². The number of pyridine rings is 1. The van der Waals surface area contributed by atoms with Gasteiger partial charge < -0.3 is 10.2 Å². The van der Waals surface area contributed by atoms with Crippen molar-refractivity contribution in [2.24, 2.45) is 5.92 Å². The van der Waals surface area contributed by atoms with Gasteiger partial charge in [-0.3, -0.25) is 14.2 Å². The zero-order chi connectivity index (χ0) is 23.5. The van der Waals surface area contributed by atoms with Gasteiger partial charge in [0, 0.05) is 35.9 Å². The van der Waals surface area contributed by atoms with E-state index in [1.165, 1.54) is 0 Å². The van der Waals surface area contributed by atoms with E-state index in [1.807, 2.05) is 53.4 Å². The molecule has 8 heteroatoms. The average Bonchev–Trinajstić information content (AvgIpc) is 2.86. The molecule has 7 nitrogen and oxygen atoms in total. The van der Waals surface area contributed by atoms with Gasteiger partial charge in [0.25, 0.3) is 5.56 Å². The second kappa shape index (κ2) is 9.65. The van der Waals surface area contributed by atoms with Crippen LogP contribution in [0.25, 0.3) is 11.2 Å². The molecular weight excluding hydrogens is 450 g/mol. The van der Waals surface area contributed by atoms with Crippen molar-refractivity contribution in [1.82, 2.24) is 14.5 Å². The molecule has 0 radical (unpaired) electrons. The van der Waals surface area contributed by atoms with Crippen LogP contribution in [0.3, 0.4) is 0 Å². The Balaban J connectivity index is 1.36. The normalized spacial score (nSPS) is 14.3. The number of benzene rings is 2. The predicted octanol–water partition coefficient (Wildman–Crippen LogP) is 4.35. The monoisotopic (exact) mass is 473 g/mol. The Hall–Kier alpha value is -3.71. The fourth-order valence-electron chi connectivity index (χ4n) is 4.35. The van der Waals surface area contributed by atoms with Crippen molar-refractivity contribution >= 4 is 40.2 Å². The maximum absolute atomic E-state index is 13.5. The second-order valence-corrected chi connectivity index (χ2v) is 8.86. The molecule has 1 saturated heterocycles. The smallest absolute Gasteiger partial charge is 0.295 e. The number of aromatic nitrogens is 3. The van der Waals surface area contributed by atoms with Crippen molar-refractivity contribution in [2.45, 2.75) is 19.4 Å². The molecule has 0 saturated carbocycles. The zero-order valence-electron chi connectivity index (χ0n) is 18.5. The molecule has 3 heterocycles. The summed E-state index contributed by atoms with van der Waals surface area (Å²) in [6, 6.07) is 20.7. The first-order chi connectivity index (χ1) is 16.6. The predicted molar refractivity (Wildman–Crippen MR) is 134 cm³/mol. The Morgan fingerprint density at radius 2 is 1.82 bits per heavy atom. The number of carbonyl (C=O) groups excluding carboxylic acids is 1. The lowest BCUT2D eigenvalue weighted by molar-refractivity contribution is -0.120. The van der Waals surface area contributed by atoms with Gasteiger partial charge in [-0.2, -0.15) is 0 Å². The second-order valence-electron chi connectivity index (χ2n) is 8.42. The standard InChI is InChI=1S/C26H24ClN5O2/c27-20-8-4-9-21(16-20)29-25(33)19-11-14-31(15-12-19)24-26(34)32(17-18-6-2-1-3-7-18)23-22(30-24)10-5-13-28-23/h1-10,13,16,19H,11-12,14-15,17H2,(H,29,33). The van der Waals surface area contributed by atoms with Gasteiger partial charge in [0.1, 0.15) is 5.52 Å². The summed E-state index contributed by atoms with van der Waals surface area (Å²) >= 11 is 6.02. The molecule has 1 aliphatic rings. The number of amides is 1. The Morgan fingerprint density at radius 3 is 2.59 bits per heavy atom. The number of nitrogens with zero attached hydrogens (tertiary/aromatic N) is 4. The average molecular weight is 474 g/mol. The quantitative estimate of drug-likeness (QED) is 0.466. The number of rotatable bonds is 5. The molecule has 1 aliphatic heterocycles. The molecule has 2 aromatic heterocycles.